The van der Waals surface area contributed by atoms with Crippen LogP contribution in [0.5, 0.6) is 11.5 Å². The number of piperidine rings is 1. The van der Waals surface area contributed by atoms with Gasteiger partial charge < -0.3 is 35.1 Å². The molecule has 5 aliphatic rings. The summed E-state index contributed by atoms with van der Waals surface area (Å²) in [7, 11) is 3.38. The minimum atomic E-state index is -1.02. The fraction of sp³-hybridized carbons (Fsp3) is 0.473. The molecule has 1 aliphatic carbocycles. The molecule has 386 valence electrons. The second-order valence-corrected chi connectivity index (χ2v) is 20.8. The highest BCUT2D eigenvalue weighted by Gasteiger charge is 2.50. The topological polar surface area (TPSA) is 174 Å². The first-order valence-corrected chi connectivity index (χ1v) is 26.0. The number of hydrogen-bond donors (Lipinski definition) is 3. The molecular formula is C55H63ClF2N8O7. The van der Waals surface area contributed by atoms with Crippen LogP contribution in [0.3, 0.4) is 0 Å². The molecule has 18 heteroatoms. The Bertz CT molecular complexity index is 2920. The van der Waals surface area contributed by atoms with Gasteiger partial charge in [-0.05, 0) is 99.5 Å². The van der Waals surface area contributed by atoms with Crippen LogP contribution in [0.4, 0.5) is 19.4 Å². The number of likely N-dealkylation sites (tertiary alicyclic amines) is 2. The Balaban J connectivity index is 0.720. The molecule has 0 spiro atoms. The average molecular weight is 1020 g/mol. The van der Waals surface area contributed by atoms with Gasteiger partial charge in [0.25, 0.3) is 0 Å². The molecule has 10 rings (SSSR count). The van der Waals surface area contributed by atoms with E-state index in [-0.39, 0.29) is 76.6 Å². The van der Waals surface area contributed by atoms with E-state index >= 15 is 8.78 Å². The number of halogens is 3. The van der Waals surface area contributed by atoms with Gasteiger partial charge in [-0.15, -0.1) is 0 Å². The van der Waals surface area contributed by atoms with Gasteiger partial charge in [-0.3, -0.25) is 29.3 Å². The largest absolute Gasteiger partial charge is 0.488 e. The third kappa shape index (κ3) is 9.76. The Kier molecular flexibility index (Phi) is 14.5. The van der Waals surface area contributed by atoms with E-state index in [0.29, 0.717) is 42.7 Å². The maximum atomic E-state index is 16.6. The number of anilines is 1. The first kappa shape index (κ1) is 50.4. The van der Waals surface area contributed by atoms with E-state index in [2.05, 4.69) is 38.8 Å². The number of nitrogens with one attached hydrogen (secondary N) is 2. The summed E-state index contributed by atoms with van der Waals surface area (Å²) >= 11 is 6.76. The van der Waals surface area contributed by atoms with Gasteiger partial charge in [-0.25, -0.2) is 13.6 Å². The number of hydrogen-bond acceptors (Lipinski definition) is 10. The highest BCUT2D eigenvalue weighted by molar-refractivity contribution is 6.34. The molecule has 5 heterocycles. The number of fused-ring (bicyclic) bond motifs is 2. The Morgan fingerprint density at radius 3 is 2.42 bits per heavy atom. The molecule has 1 aromatic heterocycles. The molecule has 0 radical (unpaired) electrons. The van der Waals surface area contributed by atoms with E-state index in [0.717, 1.165) is 87.7 Å². The predicted octanol–water partition coefficient (Wildman–Crippen LogP) is 8.01. The standard InChI is InChI=1S/C55H63ClF2N8O7/c1-32-46-44(28-41(57)49(56)48(46)47-40(51(59)68)15-16-43(50(47)58)72-26-25-71-3)73-55(32,37-7-5-4-6-8-37)20-21-60-38-12-9-35(10-13-38)53(69)65-30-33(31-65)29-64-22-17-34(18-23-64)36-11-14-39-42(27-36)63(2)62-52(39)66-24-19-45(67)61-54(66)70/h4-8,11,14-16,27-28,32-35,38,60H,9-10,12-13,17-26,29-31H2,1-3H3,(H2,59,68)(H,61,67,70)/t32-,35?,38?,55-/m0/s1. The lowest BCUT2D eigenvalue weighted by Gasteiger charge is -2.45. The van der Waals surface area contributed by atoms with Gasteiger partial charge in [0.2, 0.25) is 17.7 Å². The number of urea groups is 1. The minimum Gasteiger partial charge on any atom is -0.488 e. The quantitative estimate of drug-likeness (QED) is 0.0822. The number of primary amides is 1. The van der Waals surface area contributed by atoms with Gasteiger partial charge in [0.1, 0.15) is 23.8 Å². The number of amides is 5. The van der Waals surface area contributed by atoms with E-state index in [1.807, 2.05) is 53.9 Å². The lowest BCUT2D eigenvalue weighted by molar-refractivity contribution is -0.143. The number of benzene rings is 4. The highest BCUT2D eigenvalue weighted by Crippen LogP contribution is 2.58. The summed E-state index contributed by atoms with van der Waals surface area (Å²) < 4.78 is 51.9. The fourth-order valence-electron chi connectivity index (χ4n) is 12.1. The lowest BCUT2D eigenvalue weighted by Crippen LogP contribution is -2.56. The number of nitrogens with two attached hydrogens (primary N) is 1. The first-order valence-electron chi connectivity index (χ1n) is 25.6. The van der Waals surface area contributed by atoms with Crippen molar-refractivity contribution in [2.75, 3.05) is 71.0 Å². The fourth-order valence-corrected chi connectivity index (χ4v) is 12.4. The number of imide groups is 1. The van der Waals surface area contributed by atoms with Crippen molar-refractivity contribution in [3.8, 4) is 22.6 Å². The third-order valence-electron chi connectivity index (χ3n) is 16.1. The summed E-state index contributed by atoms with van der Waals surface area (Å²) in [4.78, 5) is 57.0. The lowest BCUT2D eigenvalue weighted by atomic mass is 9.75. The van der Waals surface area contributed by atoms with Gasteiger partial charge in [-0.2, -0.15) is 5.10 Å². The number of aryl methyl sites for hydroxylation is 1. The zero-order valence-corrected chi connectivity index (χ0v) is 42.3. The van der Waals surface area contributed by atoms with Gasteiger partial charge >= 0.3 is 6.03 Å². The summed E-state index contributed by atoms with van der Waals surface area (Å²) in [5.41, 5.74) is 7.90. The van der Waals surface area contributed by atoms with Crippen molar-refractivity contribution in [2.45, 2.75) is 81.8 Å². The Morgan fingerprint density at radius 2 is 1.71 bits per heavy atom. The third-order valence-corrected chi connectivity index (χ3v) is 16.5. The highest BCUT2D eigenvalue weighted by atomic mass is 35.5. The van der Waals surface area contributed by atoms with Crippen LogP contribution in [0.15, 0.2) is 66.7 Å². The zero-order chi connectivity index (χ0) is 51.1. The normalized spacial score (nSPS) is 22.8. The number of aromatic nitrogens is 2. The van der Waals surface area contributed by atoms with Crippen molar-refractivity contribution in [1.29, 1.82) is 0 Å². The molecule has 5 aromatic rings. The molecular weight excluding hydrogens is 958 g/mol. The van der Waals surface area contributed by atoms with E-state index in [1.165, 1.54) is 30.9 Å². The van der Waals surface area contributed by atoms with E-state index < -0.39 is 35.1 Å². The average Bonchev–Trinajstić information content (AvgIpc) is 3.85. The second-order valence-electron chi connectivity index (χ2n) is 20.5. The van der Waals surface area contributed by atoms with Crippen molar-refractivity contribution in [3.05, 3.63) is 106 Å². The summed E-state index contributed by atoms with van der Waals surface area (Å²) in [5.74, 6) is -1.64. The number of carbonyl (C=O) groups excluding carboxylic acids is 4. The zero-order valence-electron chi connectivity index (χ0n) is 41.6. The van der Waals surface area contributed by atoms with Crippen molar-refractivity contribution < 1.29 is 42.2 Å². The maximum Gasteiger partial charge on any atom is 0.329 e. The molecule has 4 N–H and O–H groups in total. The minimum absolute atomic E-state index is 0.000201. The van der Waals surface area contributed by atoms with Crippen molar-refractivity contribution >= 4 is 52.1 Å². The second kappa shape index (κ2) is 21.0. The molecule has 3 saturated heterocycles. The van der Waals surface area contributed by atoms with Crippen LogP contribution in [0.2, 0.25) is 5.02 Å². The number of methoxy groups -OCH3 is 1. The maximum absolute atomic E-state index is 16.6. The summed E-state index contributed by atoms with van der Waals surface area (Å²) in [6, 6.07) is 19.7. The summed E-state index contributed by atoms with van der Waals surface area (Å²) in [6.45, 7) is 7.60. The number of ether oxygens (including phenoxy) is 3. The monoisotopic (exact) mass is 1020 g/mol. The Morgan fingerprint density at radius 1 is 0.959 bits per heavy atom. The Hall–Kier alpha value is -6.14. The number of rotatable bonds is 16. The molecule has 15 nitrogen and oxygen atoms in total. The van der Waals surface area contributed by atoms with Crippen LogP contribution in [-0.2, 0) is 27.0 Å². The van der Waals surface area contributed by atoms with Crippen LogP contribution in [0.1, 0.15) is 97.2 Å². The van der Waals surface area contributed by atoms with Gasteiger partial charge in [0.15, 0.2) is 17.4 Å². The predicted molar refractivity (Wildman–Crippen MR) is 273 cm³/mol. The van der Waals surface area contributed by atoms with E-state index in [9.17, 15) is 19.2 Å². The molecule has 0 unspecified atom stereocenters. The Labute approximate surface area is 428 Å². The molecule has 0 bridgehead atoms. The van der Waals surface area contributed by atoms with Crippen molar-refractivity contribution in [2.24, 2.45) is 24.6 Å². The molecule has 4 fully saturated rings. The van der Waals surface area contributed by atoms with E-state index in [1.54, 1.807) is 4.90 Å². The van der Waals surface area contributed by atoms with Crippen LogP contribution in [0, 0.1) is 23.5 Å². The SMILES string of the molecule is COCCOc1ccc(C(N)=O)c(-c2c(Cl)c(F)cc3c2[C@H](C)[C@@](CCNC2CCC(C(=O)N4CC(CN5CCC(c6ccc7c(N8CCC(=O)NC8=O)nn(C)c7c6)CC5)C4)CC2)(c2ccccc2)O3)c1F. The summed E-state index contributed by atoms with van der Waals surface area (Å²) in [5, 5.41) is 11.3. The van der Waals surface area contributed by atoms with Gasteiger partial charge in [0.05, 0.1) is 22.7 Å². The molecule has 5 amide bonds. The number of carbonyl (C=O) groups is 4. The van der Waals surface area contributed by atoms with Crippen LogP contribution in [-0.4, -0.2) is 116 Å². The molecule has 4 aromatic carbocycles. The van der Waals surface area contributed by atoms with Crippen LogP contribution < -0.4 is 30.7 Å². The van der Waals surface area contributed by atoms with Gasteiger partial charge in [-0.1, -0.05) is 54.9 Å². The van der Waals surface area contributed by atoms with Crippen LogP contribution >= 0.6 is 11.6 Å². The van der Waals surface area contributed by atoms with Crippen LogP contribution in [0.25, 0.3) is 22.0 Å². The number of nitrogens with zero attached hydrogens (tertiary/aromatic N) is 5. The molecule has 73 heavy (non-hydrogen) atoms. The summed E-state index contributed by atoms with van der Waals surface area (Å²) in [6.07, 6.45) is 6.12. The molecule has 2 atom stereocenters. The first-order chi connectivity index (χ1) is 35.2. The molecule has 4 aliphatic heterocycles. The van der Waals surface area contributed by atoms with Gasteiger partial charge in [0, 0.05) is 105 Å². The van der Waals surface area contributed by atoms with Crippen molar-refractivity contribution in [1.82, 2.24) is 30.2 Å². The van der Waals surface area contributed by atoms with Crippen molar-refractivity contribution in [3.63, 3.8) is 0 Å². The molecule has 1 saturated carbocycles. The smallest absolute Gasteiger partial charge is 0.329 e. The van der Waals surface area contributed by atoms with E-state index in [4.69, 9.17) is 31.5 Å².